The van der Waals surface area contributed by atoms with Crippen LogP contribution in [0.2, 0.25) is 0 Å². The van der Waals surface area contributed by atoms with Crippen molar-refractivity contribution in [1.29, 1.82) is 5.41 Å². The molecule has 1 heterocycles. The number of benzene rings is 1. The molecule has 0 aliphatic heterocycles. The summed E-state index contributed by atoms with van der Waals surface area (Å²) in [6, 6.07) is 4.15. The first-order valence-electron chi connectivity index (χ1n) is 6.43. The van der Waals surface area contributed by atoms with Gasteiger partial charge in [-0.25, -0.2) is 14.3 Å². The van der Waals surface area contributed by atoms with E-state index in [1.54, 1.807) is 10.6 Å². The molecule has 0 radical (unpaired) electrons. The van der Waals surface area contributed by atoms with E-state index in [1.807, 2.05) is 6.92 Å². The highest BCUT2D eigenvalue weighted by atomic mass is 32.2. The van der Waals surface area contributed by atoms with Crippen LogP contribution in [0.4, 0.5) is 4.39 Å². The topological polar surface area (TPSA) is 101 Å². The fourth-order valence-corrected chi connectivity index (χ4v) is 2.88. The third-order valence-corrected chi connectivity index (χ3v) is 3.91. The second-order valence-electron chi connectivity index (χ2n) is 4.47. The van der Waals surface area contributed by atoms with Crippen LogP contribution in [0.15, 0.2) is 28.2 Å². The Kier molecular flexibility index (Phi) is 4.79. The second kappa shape index (κ2) is 6.57. The molecule has 0 aliphatic carbocycles. The van der Waals surface area contributed by atoms with E-state index in [0.717, 1.165) is 12.0 Å². The Bertz CT molecular complexity index is 709. The molecule has 0 atom stereocenters. The summed E-state index contributed by atoms with van der Waals surface area (Å²) in [5.41, 5.74) is 6.31. The Balaban J connectivity index is 2.21. The number of aromatic amines is 1. The van der Waals surface area contributed by atoms with Gasteiger partial charge in [-0.2, -0.15) is 0 Å². The van der Waals surface area contributed by atoms with E-state index < -0.39 is 5.82 Å². The number of nitrogen functional groups attached to an aromatic ring is 1. The van der Waals surface area contributed by atoms with Gasteiger partial charge in [0.15, 0.2) is 5.16 Å². The first kappa shape index (κ1) is 15.3. The molecule has 4 N–H and O–H groups in total. The Hall–Kier alpha value is -2.09. The zero-order valence-corrected chi connectivity index (χ0v) is 12.3. The van der Waals surface area contributed by atoms with Crippen LogP contribution in [0.25, 0.3) is 0 Å². The highest BCUT2D eigenvalue weighted by molar-refractivity contribution is 7.98. The number of nitrogens with one attached hydrogen (secondary N) is 2. The number of nitrogens with two attached hydrogens (primary N) is 1. The Morgan fingerprint density at radius 2 is 2.33 bits per heavy atom. The highest BCUT2D eigenvalue weighted by Crippen LogP contribution is 2.22. The van der Waals surface area contributed by atoms with E-state index in [-0.39, 0.29) is 11.5 Å². The molecule has 0 fully saturated rings. The predicted octanol–water partition coefficient (Wildman–Crippen LogP) is 1.70. The van der Waals surface area contributed by atoms with Crippen molar-refractivity contribution in [2.75, 3.05) is 0 Å². The van der Waals surface area contributed by atoms with Crippen molar-refractivity contribution in [3.63, 3.8) is 0 Å². The van der Waals surface area contributed by atoms with Crippen molar-refractivity contribution in [3.05, 3.63) is 45.6 Å². The number of H-pyrrole nitrogens is 1. The third kappa shape index (κ3) is 3.52. The Labute approximate surface area is 125 Å². The van der Waals surface area contributed by atoms with Crippen molar-refractivity contribution in [2.24, 2.45) is 5.73 Å². The first-order chi connectivity index (χ1) is 10.0. The zero-order chi connectivity index (χ0) is 15.4. The van der Waals surface area contributed by atoms with Crippen LogP contribution >= 0.6 is 11.8 Å². The molecule has 0 bridgehead atoms. The number of rotatable bonds is 6. The number of nitrogens with zero attached hydrogens (tertiary/aromatic N) is 2. The lowest BCUT2D eigenvalue weighted by Gasteiger charge is -2.08. The lowest BCUT2D eigenvalue weighted by Crippen LogP contribution is -2.17. The van der Waals surface area contributed by atoms with E-state index in [4.69, 9.17) is 11.1 Å². The van der Waals surface area contributed by atoms with Crippen molar-refractivity contribution in [1.82, 2.24) is 14.8 Å². The summed E-state index contributed by atoms with van der Waals surface area (Å²) in [6.45, 7) is 2.56. The number of aromatic nitrogens is 3. The molecule has 0 spiro atoms. The van der Waals surface area contributed by atoms with Gasteiger partial charge in [-0.05, 0) is 24.1 Å². The summed E-state index contributed by atoms with van der Waals surface area (Å²) >= 11 is 1.34. The zero-order valence-electron chi connectivity index (χ0n) is 11.5. The van der Waals surface area contributed by atoms with Crippen LogP contribution in [0.3, 0.4) is 0 Å². The SMILES string of the molecule is CCCn1c(SCc2ccc(F)cc2C(=N)N)n[nH]c1=O. The minimum absolute atomic E-state index is 0.182. The molecular weight excluding hydrogens is 293 g/mol. The molecule has 0 saturated heterocycles. The molecule has 21 heavy (non-hydrogen) atoms. The summed E-state index contributed by atoms with van der Waals surface area (Å²) < 4.78 is 14.8. The van der Waals surface area contributed by atoms with E-state index in [9.17, 15) is 9.18 Å². The summed E-state index contributed by atoms with van der Waals surface area (Å²) in [7, 11) is 0. The molecule has 2 rings (SSSR count). The summed E-state index contributed by atoms with van der Waals surface area (Å²) in [5.74, 6) is -0.168. The number of hydrogen-bond acceptors (Lipinski definition) is 4. The van der Waals surface area contributed by atoms with Gasteiger partial charge in [0.25, 0.3) is 0 Å². The highest BCUT2D eigenvalue weighted by Gasteiger charge is 2.11. The molecule has 112 valence electrons. The number of thioether (sulfide) groups is 1. The molecule has 6 nitrogen and oxygen atoms in total. The van der Waals surface area contributed by atoms with Crippen molar-refractivity contribution >= 4 is 17.6 Å². The van der Waals surface area contributed by atoms with Gasteiger partial charge in [-0.1, -0.05) is 24.8 Å². The largest absolute Gasteiger partial charge is 0.384 e. The van der Waals surface area contributed by atoms with Crippen LogP contribution < -0.4 is 11.4 Å². The van der Waals surface area contributed by atoms with E-state index in [2.05, 4.69) is 10.2 Å². The molecule has 1 aromatic heterocycles. The minimum Gasteiger partial charge on any atom is -0.384 e. The van der Waals surface area contributed by atoms with Gasteiger partial charge in [-0.15, -0.1) is 5.10 Å². The molecule has 1 aromatic carbocycles. The molecular formula is C13H16FN5OS. The number of amidine groups is 1. The van der Waals surface area contributed by atoms with Gasteiger partial charge < -0.3 is 5.73 Å². The lowest BCUT2D eigenvalue weighted by atomic mass is 10.1. The van der Waals surface area contributed by atoms with Gasteiger partial charge in [0, 0.05) is 17.9 Å². The standard InChI is InChI=1S/C13H16FN5OS/c1-2-5-19-12(20)17-18-13(19)21-7-8-3-4-9(14)6-10(8)11(15)16/h3-4,6H,2,5,7H2,1H3,(H3,15,16)(H,17,20). The monoisotopic (exact) mass is 309 g/mol. The quantitative estimate of drug-likeness (QED) is 0.429. The van der Waals surface area contributed by atoms with Gasteiger partial charge in [-0.3, -0.25) is 9.98 Å². The van der Waals surface area contributed by atoms with E-state index in [0.29, 0.717) is 23.0 Å². The number of halogens is 1. The van der Waals surface area contributed by atoms with Crippen LogP contribution in [-0.2, 0) is 12.3 Å². The van der Waals surface area contributed by atoms with Gasteiger partial charge in [0.1, 0.15) is 11.7 Å². The minimum atomic E-state index is -0.434. The van der Waals surface area contributed by atoms with Crippen molar-refractivity contribution < 1.29 is 4.39 Å². The Morgan fingerprint density at radius 1 is 1.57 bits per heavy atom. The maximum Gasteiger partial charge on any atom is 0.343 e. The summed E-state index contributed by atoms with van der Waals surface area (Å²) in [5, 5.41) is 14.4. The third-order valence-electron chi connectivity index (χ3n) is 2.89. The van der Waals surface area contributed by atoms with E-state index >= 15 is 0 Å². The molecule has 8 heteroatoms. The van der Waals surface area contributed by atoms with Gasteiger partial charge in [0.2, 0.25) is 0 Å². The summed E-state index contributed by atoms with van der Waals surface area (Å²) in [4.78, 5) is 11.6. The maximum atomic E-state index is 13.2. The van der Waals surface area contributed by atoms with Crippen molar-refractivity contribution in [2.45, 2.75) is 30.8 Å². The molecule has 0 saturated carbocycles. The first-order valence-corrected chi connectivity index (χ1v) is 7.42. The van der Waals surface area contributed by atoms with Crippen molar-refractivity contribution in [3.8, 4) is 0 Å². The fraction of sp³-hybridized carbons (Fsp3) is 0.308. The van der Waals surface area contributed by atoms with Crippen LogP contribution in [0.1, 0.15) is 24.5 Å². The molecule has 2 aromatic rings. The number of hydrogen-bond donors (Lipinski definition) is 3. The predicted molar refractivity (Wildman–Crippen MR) is 80.1 cm³/mol. The fourth-order valence-electron chi connectivity index (χ4n) is 1.90. The second-order valence-corrected chi connectivity index (χ2v) is 5.41. The van der Waals surface area contributed by atoms with Gasteiger partial charge in [0.05, 0.1) is 0 Å². The molecule has 0 unspecified atom stereocenters. The maximum absolute atomic E-state index is 13.2. The van der Waals surface area contributed by atoms with E-state index in [1.165, 1.54) is 23.9 Å². The average Bonchev–Trinajstić information content (AvgIpc) is 2.79. The molecule has 0 aliphatic rings. The lowest BCUT2D eigenvalue weighted by molar-refractivity contribution is 0.603. The summed E-state index contributed by atoms with van der Waals surface area (Å²) in [6.07, 6.45) is 0.822. The smallest absolute Gasteiger partial charge is 0.343 e. The van der Waals surface area contributed by atoms with Crippen LogP contribution in [-0.4, -0.2) is 20.6 Å². The average molecular weight is 309 g/mol. The molecule has 0 amide bonds. The van der Waals surface area contributed by atoms with Gasteiger partial charge >= 0.3 is 5.69 Å². The Morgan fingerprint density at radius 3 is 3.00 bits per heavy atom. The van der Waals surface area contributed by atoms with Crippen LogP contribution in [0.5, 0.6) is 0 Å². The van der Waals surface area contributed by atoms with Crippen LogP contribution in [0, 0.1) is 11.2 Å². The normalized spacial score (nSPS) is 10.8.